The molecule has 1 aliphatic heterocycles. The number of thiocarbonyl (C=S) groups is 1. The van der Waals surface area contributed by atoms with E-state index in [-0.39, 0.29) is 5.82 Å². The van der Waals surface area contributed by atoms with Crippen LogP contribution in [0, 0.1) is 5.82 Å². The molecule has 0 aromatic heterocycles. The molecule has 0 radical (unpaired) electrons. The monoisotopic (exact) mass is 309 g/mol. The molecule has 1 N–H and O–H groups in total. The van der Waals surface area contributed by atoms with Crippen LogP contribution in [0.1, 0.15) is 25.3 Å². The lowest BCUT2D eigenvalue weighted by molar-refractivity contribution is 0.173. The Morgan fingerprint density at radius 1 is 1.24 bits per heavy atom. The Morgan fingerprint density at radius 2 is 1.95 bits per heavy atom. The van der Waals surface area contributed by atoms with Gasteiger partial charge in [0.25, 0.3) is 0 Å². The van der Waals surface area contributed by atoms with Crippen LogP contribution in [0.15, 0.2) is 24.3 Å². The van der Waals surface area contributed by atoms with E-state index in [0.717, 1.165) is 49.8 Å². The third-order valence-electron chi connectivity index (χ3n) is 3.82. The fourth-order valence-corrected chi connectivity index (χ4v) is 2.75. The minimum absolute atomic E-state index is 0.114. The van der Waals surface area contributed by atoms with E-state index in [1.165, 1.54) is 12.5 Å². The van der Waals surface area contributed by atoms with Gasteiger partial charge in [-0.05, 0) is 24.7 Å². The number of unbranched alkanes of at least 4 members (excludes halogenated alkanes) is 1. The summed E-state index contributed by atoms with van der Waals surface area (Å²) in [5, 5.41) is 4.16. The Morgan fingerprint density at radius 3 is 2.62 bits per heavy atom. The predicted molar refractivity (Wildman–Crippen MR) is 88.8 cm³/mol. The molecule has 1 aromatic rings. The van der Waals surface area contributed by atoms with Crippen molar-refractivity contribution in [2.75, 3.05) is 32.7 Å². The van der Waals surface area contributed by atoms with Gasteiger partial charge in [0.15, 0.2) is 5.11 Å². The fraction of sp³-hybridized carbons (Fsp3) is 0.562. The van der Waals surface area contributed by atoms with Crippen LogP contribution in [0.5, 0.6) is 0 Å². The molecule has 5 heteroatoms. The summed E-state index contributed by atoms with van der Waals surface area (Å²) >= 11 is 5.41. The standard InChI is InChI=1S/C16H24FN3S/c1-2-3-8-18-16(21)20-11-9-19(10-12-20)13-14-6-4-5-7-15(14)17/h4-7H,2-3,8-13H2,1H3,(H,18,21). The van der Waals surface area contributed by atoms with Gasteiger partial charge in [-0.2, -0.15) is 0 Å². The van der Waals surface area contributed by atoms with Crippen LogP contribution in [0.25, 0.3) is 0 Å². The maximum absolute atomic E-state index is 13.7. The minimum Gasteiger partial charge on any atom is -0.363 e. The largest absolute Gasteiger partial charge is 0.363 e. The summed E-state index contributed by atoms with van der Waals surface area (Å²) in [5.41, 5.74) is 0.773. The van der Waals surface area contributed by atoms with Crippen LogP contribution in [-0.4, -0.2) is 47.6 Å². The van der Waals surface area contributed by atoms with Gasteiger partial charge in [-0.1, -0.05) is 31.5 Å². The maximum Gasteiger partial charge on any atom is 0.169 e. The second kappa shape index (κ2) is 8.29. The highest BCUT2D eigenvalue weighted by Crippen LogP contribution is 2.12. The highest BCUT2D eigenvalue weighted by Gasteiger charge is 2.19. The molecule has 1 saturated heterocycles. The van der Waals surface area contributed by atoms with Crippen molar-refractivity contribution in [1.82, 2.24) is 15.1 Å². The van der Waals surface area contributed by atoms with E-state index in [0.29, 0.717) is 6.54 Å². The summed E-state index contributed by atoms with van der Waals surface area (Å²) in [7, 11) is 0. The zero-order chi connectivity index (χ0) is 15.1. The van der Waals surface area contributed by atoms with Crippen LogP contribution < -0.4 is 5.32 Å². The first-order valence-electron chi connectivity index (χ1n) is 7.69. The number of rotatable bonds is 5. The van der Waals surface area contributed by atoms with Crippen molar-refractivity contribution in [3.8, 4) is 0 Å². The highest BCUT2D eigenvalue weighted by atomic mass is 32.1. The molecule has 116 valence electrons. The molecule has 0 aliphatic carbocycles. The molecule has 3 nitrogen and oxygen atoms in total. The third-order valence-corrected chi connectivity index (χ3v) is 4.22. The quantitative estimate of drug-likeness (QED) is 0.665. The van der Waals surface area contributed by atoms with Crippen molar-refractivity contribution in [1.29, 1.82) is 0 Å². The Bertz CT molecular complexity index is 459. The first-order valence-corrected chi connectivity index (χ1v) is 8.10. The molecule has 21 heavy (non-hydrogen) atoms. The van der Waals surface area contributed by atoms with Crippen molar-refractivity contribution in [3.63, 3.8) is 0 Å². The predicted octanol–water partition coefficient (Wildman–Crippen LogP) is 2.62. The van der Waals surface area contributed by atoms with Gasteiger partial charge in [0.2, 0.25) is 0 Å². The summed E-state index contributed by atoms with van der Waals surface area (Å²) in [6, 6.07) is 7.01. The van der Waals surface area contributed by atoms with E-state index >= 15 is 0 Å². The number of piperazine rings is 1. The molecule has 0 atom stereocenters. The van der Waals surface area contributed by atoms with Gasteiger partial charge in [0.1, 0.15) is 5.82 Å². The van der Waals surface area contributed by atoms with E-state index in [1.54, 1.807) is 6.07 Å². The highest BCUT2D eigenvalue weighted by molar-refractivity contribution is 7.80. The van der Waals surface area contributed by atoms with Crippen LogP contribution in [0.2, 0.25) is 0 Å². The van der Waals surface area contributed by atoms with Gasteiger partial charge in [-0.25, -0.2) is 4.39 Å². The first kappa shape index (κ1) is 16.2. The van der Waals surface area contributed by atoms with Crippen molar-refractivity contribution >= 4 is 17.3 Å². The van der Waals surface area contributed by atoms with Crippen molar-refractivity contribution in [3.05, 3.63) is 35.6 Å². The van der Waals surface area contributed by atoms with Crippen LogP contribution in [0.3, 0.4) is 0 Å². The van der Waals surface area contributed by atoms with E-state index in [1.807, 2.05) is 12.1 Å². The fourth-order valence-electron chi connectivity index (χ4n) is 2.46. The normalized spacial score (nSPS) is 16.0. The second-order valence-electron chi connectivity index (χ2n) is 5.44. The average molecular weight is 309 g/mol. The van der Waals surface area contributed by atoms with E-state index in [9.17, 15) is 4.39 Å². The molecular weight excluding hydrogens is 285 g/mol. The topological polar surface area (TPSA) is 18.5 Å². The van der Waals surface area contributed by atoms with Gasteiger partial charge >= 0.3 is 0 Å². The Labute approximate surface area is 132 Å². The van der Waals surface area contributed by atoms with Crippen LogP contribution in [-0.2, 0) is 6.54 Å². The Hall–Kier alpha value is -1.20. The zero-order valence-electron chi connectivity index (χ0n) is 12.6. The van der Waals surface area contributed by atoms with Crippen LogP contribution in [0.4, 0.5) is 4.39 Å². The van der Waals surface area contributed by atoms with Crippen molar-refractivity contribution in [2.24, 2.45) is 0 Å². The molecule has 0 spiro atoms. The van der Waals surface area contributed by atoms with E-state index in [2.05, 4.69) is 22.0 Å². The summed E-state index contributed by atoms with van der Waals surface area (Å²) < 4.78 is 13.7. The minimum atomic E-state index is -0.114. The van der Waals surface area contributed by atoms with Crippen molar-refractivity contribution < 1.29 is 4.39 Å². The number of nitrogens with zero attached hydrogens (tertiary/aromatic N) is 2. The van der Waals surface area contributed by atoms with Gasteiger partial charge in [0.05, 0.1) is 0 Å². The van der Waals surface area contributed by atoms with Gasteiger partial charge in [0, 0.05) is 44.8 Å². The molecule has 1 aromatic carbocycles. The molecule has 0 bridgehead atoms. The van der Waals surface area contributed by atoms with E-state index < -0.39 is 0 Å². The van der Waals surface area contributed by atoms with Crippen molar-refractivity contribution in [2.45, 2.75) is 26.3 Å². The first-order chi connectivity index (χ1) is 10.2. The number of hydrogen-bond acceptors (Lipinski definition) is 2. The second-order valence-corrected chi connectivity index (χ2v) is 5.83. The molecule has 1 fully saturated rings. The number of halogens is 1. The molecule has 2 rings (SSSR count). The SMILES string of the molecule is CCCCNC(=S)N1CCN(Cc2ccccc2F)CC1. The number of benzene rings is 1. The summed E-state index contributed by atoms with van der Waals surface area (Å²) in [6.07, 6.45) is 2.32. The van der Waals surface area contributed by atoms with Gasteiger partial charge in [-0.15, -0.1) is 0 Å². The lowest BCUT2D eigenvalue weighted by atomic mass is 10.2. The van der Waals surface area contributed by atoms with E-state index in [4.69, 9.17) is 12.2 Å². The number of hydrogen-bond donors (Lipinski definition) is 1. The van der Waals surface area contributed by atoms with Gasteiger partial charge < -0.3 is 10.2 Å². The summed E-state index contributed by atoms with van der Waals surface area (Å²) in [5.74, 6) is -0.114. The summed E-state index contributed by atoms with van der Waals surface area (Å²) in [6.45, 7) is 7.46. The Kier molecular flexibility index (Phi) is 6.39. The average Bonchev–Trinajstić information content (AvgIpc) is 2.50. The molecule has 0 saturated carbocycles. The molecule has 0 amide bonds. The maximum atomic E-state index is 13.7. The third kappa shape index (κ3) is 4.93. The lowest BCUT2D eigenvalue weighted by Crippen LogP contribution is -2.51. The van der Waals surface area contributed by atoms with Gasteiger partial charge in [-0.3, -0.25) is 4.90 Å². The zero-order valence-corrected chi connectivity index (χ0v) is 13.5. The Balaban J connectivity index is 1.75. The summed E-state index contributed by atoms with van der Waals surface area (Å²) in [4.78, 5) is 4.49. The molecule has 0 unspecified atom stereocenters. The van der Waals surface area contributed by atoms with Crippen LogP contribution >= 0.6 is 12.2 Å². The molecule has 1 heterocycles. The molecular formula is C16H24FN3S. The molecule has 1 aliphatic rings. The number of nitrogens with one attached hydrogen (secondary N) is 1. The smallest absolute Gasteiger partial charge is 0.169 e. The lowest BCUT2D eigenvalue weighted by Gasteiger charge is -2.36.